The topological polar surface area (TPSA) is 59.6 Å². The van der Waals surface area contributed by atoms with E-state index in [4.69, 9.17) is 9.47 Å². The van der Waals surface area contributed by atoms with E-state index in [9.17, 15) is 4.79 Å². The monoisotopic (exact) mass is 214 g/mol. The van der Waals surface area contributed by atoms with Gasteiger partial charge in [0.2, 0.25) is 5.91 Å². The van der Waals surface area contributed by atoms with Crippen molar-refractivity contribution in [1.29, 1.82) is 0 Å². The van der Waals surface area contributed by atoms with E-state index >= 15 is 0 Å². The van der Waals surface area contributed by atoms with E-state index in [1.807, 2.05) is 0 Å². The maximum absolute atomic E-state index is 11.6. The first-order chi connectivity index (χ1) is 7.36. The fourth-order valence-corrected chi connectivity index (χ4v) is 1.86. The summed E-state index contributed by atoms with van der Waals surface area (Å²) in [5, 5.41) is 6.09. The van der Waals surface area contributed by atoms with E-state index < -0.39 is 0 Å². The van der Waals surface area contributed by atoms with Crippen molar-refractivity contribution < 1.29 is 14.3 Å². The van der Waals surface area contributed by atoms with E-state index in [-0.39, 0.29) is 18.1 Å². The Morgan fingerprint density at radius 1 is 1.40 bits per heavy atom. The molecule has 0 radical (unpaired) electrons. The Kier molecular flexibility index (Phi) is 3.94. The van der Waals surface area contributed by atoms with Crippen LogP contribution >= 0.6 is 0 Å². The molecule has 2 N–H and O–H groups in total. The van der Waals surface area contributed by atoms with Crippen LogP contribution < -0.4 is 10.6 Å². The van der Waals surface area contributed by atoms with E-state index in [2.05, 4.69) is 10.6 Å². The molecule has 2 atom stereocenters. The second kappa shape index (κ2) is 5.44. The quantitative estimate of drug-likeness (QED) is 0.650. The molecule has 2 aliphatic rings. The average Bonchev–Trinajstić information content (AvgIpc) is 2.81. The zero-order valence-electron chi connectivity index (χ0n) is 8.83. The van der Waals surface area contributed by atoms with Gasteiger partial charge in [0.25, 0.3) is 0 Å². The third-order valence-corrected chi connectivity index (χ3v) is 2.73. The largest absolute Gasteiger partial charge is 0.374 e. The van der Waals surface area contributed by atoms with Crippen molar-refractivity contribution in [3.8, 4) is 0 Å². The first kappa shape index (κ1) is 10.9. The predicted molar refractivity (Wildman–Crippen MR) is 54.6 cm³/mol. The Morgan fingerprint density at radius 2 is 2.33 bits per heavy atom. The van der Waals surface area contributed by atoms with E-state index in [0.717, 1.165) is 32.5 Å². The highest BCUT2D eigenvalue weighted by atomic mass is 16.5. The summed E-state index contributed by atoms with van der Waals surface area (Å²) >= 11 is 0. The van der Waals surface area contributed by atoms with Gasteiger partial charge in [-0.3, -0.25) is 4.79 Å². The van der Waals surface area contributed by atoms with Crippen LogP contribution in [0.25, 0.3) is 0 Å². The molecule has 0 aromatic heterocycles. The molecule has 5 nitrogen and oxygen atoms in total. The lowest BCUT2D eigenvalue weighted by molar-refractivity contribution is -0.130. The Balaban J connectivity index is 1.65. The number of hydrogen-bond donors (Lipinski definition) is 2. The summed E-state index contributed by atoms with van der Waals surface area (Å²) in [6.45, 7) is 3.72. The number of ether oxygens (including phenoxy) is 2. The molecule has 0 bridgehead atoms. The fraction of sp³-hybridized carbons (Fsp3) is 0.900. The number of morpholine rings is 1. The summed E-state index contributed by atoms with van der Waals surface area (Å²) in [6.07, 6.45) is 1.69. The van der Waals surface area contributed by atoms with Gasteiger partial charge >= 0.3 is 0 Å². The predicted octanol–water partition coefficient (Wildman–Crippen LogP) is -0.730. The van der Waals surface area contributed by atoms with Gasteiger partial charge in [0.05, 0.1) is 12.7 Å². The third-order valence-electron chi connectivity index (χ3n) is 2.73. The van der Waals surface area contributed by atoms with E-state index in [1.165, 1.54) is 0 Å². The van der Waals surface area contributed by atoms with Crippen molar-refractivity contribution >= 4 is 5.91 Å². The van der Waals surface area contributed by atoms with Gasteiger partial charge in [-0.25, -0.2) is 0 Å². The summed E-state index contributed by atoms with van der Waals surface area (Å²) in [4.78, 5) is 11.6. The summed E-state index contributed by atoms with van der Waals surface area (Å²) in [5.74, 6) is 0.00155. The Morgan fingerprint density at radius 3 is 3.00 bits per heavy atom. The number of hydrogen-bond acceptors (Lipinski definition) is 4. The number of carbonyl (C=O) groups is 1. The average molecular weight is 214 g/mol. The van der Waals surface area contributed by atoms with Crippen molar-refractivity contribution in [3.63, 3.8) is 0 Å². The first-order valence-corrected chi connectivity index (χ1v) is 5.58. The van der Waals surface area contributed by atoms with Crippen LogP contribution in [0.2, 0.25) is 0 Å². The molecule has 0 aliphatic carbocycles. The van der Waals surface area contributed by atoms with Crippen molar-refractivity contribution in [2.75, 3.05) is 32.8 Å². The molecular weight excluding hydrogens is 196 g/mol. The molecule has 0 spiro atoms. The molecule has 2 saturated heterocycles. The lowest BCUT2D eigenvalue weighted by atomic mass is 10.2. The lowest BCUT2D eigenvalue weighted by Gasteiger charge is -2.24. The molecule has 86 valence electrons. The van der Waals surface area contributed by atoms with Crippen LogP contribution in [-0.4, -0.2) is 51.0 Å². The van der Waals surface area contributed by atoms with Crippen LogP contribution in [-0.2, 0) is 14.3 Å². The van der Waals surface area contributed by atoms with Crippen molar-refractivity contribution in [1.82, 2.24) is 10.6 Å². The highest BCUT2D eigenvalue weighted by Gasteiger charge is 2.24. The molecule has 2 rings (SSSR count). The SMILES string of the molecule is O=C(NCC1CNCCO1)[C@@H]1CCCO1. The smallest absolute Gasteiger partial charge is 0.249 e. The summed E-state index contributed by atoms with van der Waals surface area (Å²) in [7, 11) is 0. The minimum atomic E-state index is -0.235. The van der Waals surface area contributed by atoms with Gasteiger partial charge in [-0.1, -0.05) is 0 Å². The third kappa shape index (κ3) is 3.15. The van der Waals surface area contributed by atoms with Gasteiger partial charge in [0.15, 0.2) is 0 Å². The normalized spacial score (nSPS) is 31.5. The van der Waals surface area contributed by atoms with E-state index in [0.29, 0.717) is 13.2 Å². The van der Waals surface area contributed by atoms with Crippen LogP contribution in [0, 0.1) is 0 Å². The zero-order valence-corrected chi connectivity index (χ0v) is 8.83. The minimum absolute atomic E-state index is 0.00155. The van der Waals surface area contributed by atoms with Gasteiger partial charge in [0, 0.05) is 26.2 Å². The van der Waals surface area contributed by atoms with Crippen molar-refractivity contribution in [3.05, 3.63) is 0 Å². The van der Waals surface area contributed by atoms with Crippen LogP contribution in [0.1, 0.15) is 12.8 Å². The second-order valence-corrected chi connectivity index (χ2v) is 3.94. The van der Waals surface area contributed by atoms with Crippen LogP contribution in [0.4, 0.5) is 0 Å². The van der Waals surface area contributed by atoms with Gasteiger partial charge in [-0.15, -0.1) is 0 Å². The van der Waals surface area contributed by atoms with E-state index in [1.54, 1.807) is 0 Å². The van der Waals surface area contributed by atoms with Gasteiger partial charge in [-0.2, -0.15) is 0 Å². The number of nitrogens with one attached hydrogen (secondary N) is 2. The molecule has 1 unspecified atom stereocenters. The highest BCUT2D eigenvalue weighted by molar-refractivity contribution is 5.80. The Bertz CT molecular complexity index is 211. The van der Waals surface area contributed by atoms with Crippen LogP contribution in [0.3, 0.4) is 0 Å². The van der Waals surface area contributed by atoms with Gasteiger partial charge < -0.3 is 20.1 Å². The molecule has 2 fully saturated rings. The molecule has 1 amide bonds. The van der Waals surface area contributed by atoms with Crippen molar-refractivity contribution in [2.24, 2.45) is 0 Å². The van der Waals surface area contributed by atoms with Gasteiger partial charge in [0.1, 0.15) is 6.10 Å². The Labute approximate surface area is 89.5 Å². The lowest BCUT2D eigenvalue weighted by Crippen LogP contribution is -2.47. The summed E-state index contributed by atoms with van der Waals surface area (Å²) in [6, 6.07) is 0. The molecule has 0 aromatic rings. The maximum atomic E-state index is 11.6. The molecule has 15 heavy (non-hydrogen) atoms. The summed E-state index contributed by atoms with van der Waals surface area (Å²) < 4.78 is 10.8. The molecule has 2 aliphatic heterocycles. The standard InChI is InChI=1S/C10H18N2O3/c13-10(9-2-1-4-15-9)12-7-8-6-11-3-5-14-8/h8-9,11H,1-7H2,(H,12,13)/t8?,9-/m0/s1. The highest BCUT2D eigenvalue weighted by Crippen LogP contribution is 2.11. The molecule has 5 heteroatoms. The molecule has 0 aromatic carbocycles. The number of rotatable bonds is 3. The maximum Gasteiger partial charge on any atom is 0.249 e. The second-order valence-electron chi connectivity index (χ2n) is 3.94. The van der Waals surface area contributed by atoms with Crippen molar-refractivity contribution in [2.45, 2.75) is 25.0 Å². The molecular formula is C10H18N2O3. The molecule has 2 heterocycles. The van der Waals surface area contributed by atoms with Crippen LogP contribution in [0.15, 0.2) is 0 Å². The zero-order chi connectivity index (χ0) is 10.5. The fourth-order valence-electron chi connectivity index (χ4n) is 1.86. The van der Waals surface area contributed by atoms with Gasteiger partial charge in [-0.05, 0) is 12.8 Å². The molecule has 0 saturated carbocycles. The first-order valence-electron chi connectivity index (χ1n) is 5.58. The minimum Gasteiger partial charge on any atom is -0.374 e. The number of carbonyl (C=O) groups excluding carboxylic acids is 1. The Hall–Kier alpha value is -0.650. The summed E-state index contributed by atoms with van der Waals surface area (Å²) in [5.41, 5.74) is 0. The van der Waals surface area contributed by atoms with Crippen LogP contribution in [0.5, 0.6) is 0 Å². The number of amides is 1.